The molecule has 0 amide bonds. The highest BCUT2D eigenvalue weighted by molar-refractivity contribution is 4.80. The topological polar surface area (TPSA) is 40.2 Å². The monoisotopic (exact) mass is 270 g/mol. The molecule has 0 N–H and O–H groups in total. The molecule has 1 aliphatic heterocycles. The van der Waals surface area contributed by atoms with Crippen molar-refractivity contribution in [3.05, 3.63) is 25.3 Å². The molecule has 0 aromatic heterocycles. The first-order valence-electron chi connectivity index (χ1n) is 6.83. The zero-order valence-corrected chi connectivity index (χ0v) is 11.9. The molecular weight excluding hydrogens is 244 g/mol. The molecule has 0 aromatic carbocycles. The van der Waals surface area contributed by atoms with E-state index in [1.165, 1.54) is 0 Å². The van der Waals surface area contributed by atoms with Crippen molar-refractivity contribution in [1.82, 2.24) is 0 Å². The van der Waals surface area contributed by atoms with Crippen molar-refractivity contribution in [2.75, 3.05) is 46.2 Å². The summed E-state index contributed by atoms with van der Waals surface area (Å²) in [6.45, 7) is 13.9. The summed E-state index contributed by atoms with van der Waals surface area (Å²) < 4.78 is 22.1. The van der Waals surface area contributed by atoms with Gasteiger partial charge in [0.2, 0.25) is 0 Å². The van der Waals surface area contributed by atoms with Gasteiger partial charge in [0.25, 0.3) is 0 Å². The SMILES string of the molecule is C=CCOCC(CC)(COCC=C)COCC1CO1. The molecule has 1 fully saturated rings. The third kappa shape index (κ3) is 6.87. The molecule has 4 nitrogen and oxygen atoms in total. The van der Waals surface area contributed by atoms with Crippen LogP contribution in [0.25, 0.3) is 0 Å². The number of rotatable bonds is 13. The first-order valence-corrected chi connectivity index (χ1v) is 6.83. The van der Waals surface area contributed by atoms with Gasteiger partial charge in [0.15, 0.2) is 0 Å². The molecular formula is C15H26O4. The fraction of sp³-hybridized carbons (Fsp3) is 0.733. The highest BCUT2D eigenvalue weighted by Crippen LogP contribution is 2.24. The van der Waals surface area contributed by atoms with Crippen LogP contribution in [0.1, 0.15) is 13.3 Å². The average Bonchev–Trinajstić information content (AvgIpc) is 3.23. The van der Waals surface area contributed by atoms with E-state index in [2.05, 4.69) is 20.1 Å². The molecule has 0 radical (unpaired) electrons. The fourth-order valence-corrected chi connectivity index (χ4v) is 1.72. The summed E-state index contributed by atoms with van der Waals surface area (Å²) in [6.07, 6.45) is 4.73. The molecule has 19 heavy (non-hydrogen) atoms. The summed E-state index contributed by atoms with van der Waals surface area (Å²) in [5.74, 6) is 0. The van der Waals surface area contributed by atoms with E-state index in [4.69, 9.17) is 18.9 Å². The molecule has 1 rings (SSSR count). The summed E-state index contributed by atoms with van der Waals surface area (Å²) >= 11 is 0. The smallest absolute Gasteiger partial charge is 0.104 e. The summed E-state index contributed by atoms with van der Waals surface area (Å²) in [5.41, 5.74) is -0.110. The molecule has 1 atom stereocenters. The quantitative estimate of drug-likeness (QED) is 0.292. The lowest BCUT2D eigenvalue weighted by Gasteiger charge is -2.31. The normalized spacial score (nSPS) is 18.3. The Bertz CT molecular complexity index is 247. The maximum absolute atomic E-state index is 5.74. The second-order valence-electron chi connectivity index (χ2n) is 4.93. The number of hydrogen-bond acceptors (Lipinski definition) is 4. The van der Waals surface area contributed by atoms with Crippen LogP contribution in [0.15, 0.2) is 25.3 Å². The second kappa shape index (κ2) is 9.26. The summed E-state index contributed by atoms with van der Waals surface area (Å²) in [7, 11) is 0. The Kier molecular flexibility index (Phi) is 7.98. The molecule has 110 valence electrons. The first kappa shape index (κ1) is 16.4. The Hall–Kier alpha value is -0.680. The van der Waals surface area contributed by atoms with Crippen LogP contribution in [-0.2, 0) is 18.9 Å². The lowest BCUT2D eigenvalue weighted by atomic mass is 9.88. The third-order valence-electron chi connectivity index (χ3n) is 3.15. The summed E-state index contributed by atoms with van der Waals surface area (Å²) in [4.78, 5) is 0. The van der Waals surface area contributed by atoms with E-state index in [0.29, 0.717) is 39.6 Å². The van der Waals surface area contributed by atoms with Crippen LogP contribution in [0.4, 0.5) is 0 Å². The lowest BCUT2D eigenvalue weighted by molar-refractivity contribution is -0.0650. The van der Waals surface area contributed by atoms with Crippen LogP contribution in [0.5, 0.6) is 0 Å². The molecule has 0 saturated carbocycles. The van der Waals surface area contributed by atoms with Crippen molar-refractivity contribution in [2.45, 2.75) is 19.4 Å². The van der Waals surface area contributed by atoms with Crippen molar-refractivity contribution in [3.63, 3.8) is 0 Å². The summed E-state index contributed by atoms with van der Waals surface area (Å²) in [6, 6.07) is 0. The molecule has 0 bridgehead atoms. The van der Waals surface area contributed by atoms with Gasteiger partial charge in [-0.2, -0.15) is 0 Å². The minimum atomic E-state index is -0.110. The van der Waals surface area contributed by atoms with E-state index < -0.39 is 0 Å². The first-order chi connectivity index (χ1) is 9.26. The van der Waals surface area contributed by atoms with Crippen molar-refractivity contribution in [3.8, 4) is 0 Å². The van der Waals surface area contributed by atoms with Crippen LogP contribution < -0.4 is 0 Å². The maximum Gasteiger partial charge on any atom is 0.104 e. The van der Waals surface area contributed by atoms with E-state index in [1.807, 2.05) is 0 Å². The van der Waals surface area contributed by atoms with Gasteiger partial charge in [-0.15, -0.1) is 13.2 Å². The van der Waals surface area contributed by atoms with Crippen LogP contribution in [0, 0.1) is 5.41 Å². The predicted octanol–water partition coefficient (Wildman–Crippen LogP) is 2.20. The largest absolute Gasteiger partial charge is 0.378 e. The van der Waals surface area contributed by atoms with Crippen molar-refractivity contribution >= 4 is 0 Å². The van der Waals surface area contributed by atoms with Gasteiger partial charge in [0.1, 0.15) is 6.10 Å². The van der Waals surface area contributed by atoms with Crippen LogP contribution >= 0.6 is 0 Å². The third-order valence-corrected chi connectivity index (χ3v) is 3.15. The number of ether oxygens (including phenoxy) is 4. The lowest BCUT2D eigenvalue weighted by Crippen LogP contribution is -2.37. The number of hydrogen-bond donors (Lipinski definition) is 0. The minimum absolute atomic E-state index is 0.110. The standard InChI is InChI=1S/C15H26O4/c1-4-7-16-11-15(6-3,12-17-8-5-2)13-18-9-14-10-19-14/h4-5,14H,1-2,6-13H2,3H3. The van der Waals surface area contributed by atoms with Crippen molar-refractivity contribution < 1.29 is 18.9 Å². The Morgan fingerprint density at radius 3 is 2.05 bits per heavy atom. The molecule has 0 aromatic rings. The zero-order chi connectivity index (χ0) is 14.0. The van der Waals surface area contributed by atoms with Gasteiger partial charge in [-0.05, 0) is 6.42 Å². The van der Waals surface area contributed by atoms with Gasteiger partial charge < -0.3 is 18.9 Å². The molecule has 0 aliphatic carbocycles. The predicted molar refractivity (Wildman–Crippen MR) is 75.3 cm³/mol. The van der Waals surface area contributed by atoms with E-state index in [1.54, 1.807) is 12.2 Å². The van der Waals surface area contributed by atoms with Crippen molar-refractivity contribution in [2.24, 2.45) is 5.41 Å². The molecule has 1 unspecified atom stereocenters. The second-order valence-corrected chi connectivity index (χ2v) is 4.93. The van der Waals surface area contributed by atoms with Crippen LogP contribution in [0.3, 0.4) is 0 Å². The Balaban J connectivity index is 2.38. The van der Waals surface area contributed by atoms with Gasteiger partial charge in [-0.25, -0.2) is 0 Å². The molecule has 1 saturated heterocycles. The van der Waals surface area contributed by atoms with E-state index in [-0.39, 0.29) is 11.5 Å². The van der Waals surface area contributed by atoms with Gasteiger partial charge in [-0.1, -0.05) is 19.1 Å². The Morgan fingerprint density at radius 2 is 1.63 bits per heavy atom. The van der Waals surface area contributed by atoms with Gasteiger partial charge in [0.05, 0.1) is 46.2 Å². The summed E-state index contributed by atoms with van der Waals surface area (Å²) in [5, 5.41) is 0. The van der Waals surface area contributed by atoms with Crippen LogP contribution in [0.2, 0.25) is 0 Å². The van der Waals surface area contributed by atoms with E-state index in [0.717, 1.165) is 13.0 Å². The van der Waals surface area contributed by atoms with Gasteiger partial charge in [0, 0.05) is 5.41 Å². The van der Waals surface area contributed by atoms with Crippen LogP contribution in [-0.4, -0.2) is 52.4 Å². The Morgan fingerprint density at radius 1 is 1.11 bits per heavy atom. The maximum atomic E-state index is 5.74. The minimum Gasteiger partial charge on any atom is -0.378 e. The highest BCUT2D eigenvalue weighted by Gasteiger charge is 2.31. The Labute approximate surface area is 116 Å². The zero-order valence-electron chi connectivity index (χ0n) is 11.9. The average molecular weight is 270 g/mol. The fourth-order valence-electron chi connectivity index (χ4n) is 1.72. The van der Waals surface area contributed by atoms with Gasteiger partial charge >= 0.3 is 0 Å². The van der Waals surface area contributed by atoms with E-state index >= 15 is 0 Å². The molecule has 1 heterocycles. The highest BCUT2D eigenvalue weighted by atomic mass is 16.6. The van der Waals surface area contributed by atoms with E-state index in [9.17, 15) is 0 Å². The molecule has 1 aliphatic rings. The molecule has 4 heteroatoms. The van der Waals surface area contributed by atoms with Crippen molar-refractivity contribution in [1.29, 1.82) is 0 Å². The molecule has 0 spiro atoms. The number of epoxide rings is 1. The van der Waals surface area contributed by atoms with Gasteiger partial charge in [-0.3, -0.25) is 0 Å².